The molecule has 2 aliphatic rings. The van der Waals surface area contributed by atoms with Crippen LogP contribution in [0.3, 0.4) is 0 Å². The van der Waals surface area contributed by atoms with Crippen molar-refractivity contribution in [1.82, 2.24) is 9.21 Å². The maximum Gasteiger partial charge on any atom is 0.255 e. The number of rotatable bonds is 4. The Kier molecular flexibility index (Phi) is 5.59. The van der Waals surface area contributed by atoms with E-state index in [1.807, 2.05) is 5.38 Å². The fraction of sp³-hybridized carbons (Fsp3) is 0.429. The molecule has 1 saturated heterocycles. The molecule has 1 aromatic carbocycles. The van der Waals surface area contributed by atoms with E-state index in [1.165, 1.54) is 40.2 Å². The van der Waals surface area contributed by atoms with Gasteiger partial charge >= 0.3 is 0 Å². The summed E-state index contributed by atoms with van der Waals surface area (Å²) in [4.78, 5) is 27.8. The molecule has 0 saturated carbocycles. The predicted octanol–water partition coefficient (Wildman–Crippen LogP) is 2.98. The molecule has 1 aliphatic heterocycles. The van der Waals surface area contributed by atoms with Gasteiger partial charge in [0.1, 0.15) is 0 Å². The molecule has 2 aromatic rings. The summed E-state index contributed by atoms with van der Waals surface area (Å²) in [7, 11) is -3.69. The lowest BCUT2D eigenvalue weighted by Crippen LogP contribution is -2.50. The molecule has 1 aliphatic carbocycles. The standard InChI is InChI=1S/C21H24N2O4S2/c1-15(24)16-5-4-6-17(13-16)29(26,27)23-11-9-22(10-12-23)21(25)19-14-28-20-8-3-2-7-18(19)20/h4-6,13-14H,2-3,7-12H2,1H3. The van der Waals surface area contributed by atoms with Crippen molar-refractivity contribution in [3.63, 3.8) is 0 Å². The van der Waals surface area contributed by atoms with Crippen LogP contribution < -0.4 is 0 Å². The number of amides is 1. The minimum Gasteiger partial charge on any atom is -0.336 e. The number of hydrogen-bond acceptors (Lipinski definition) is 5. The van der Waals surface area contributed by atoms with Gasteiger partial charge in [-0.1, -0.05) is 12.1 Å². The number of hydrogen-bond donors (Lipinski definition) is 0. The van der Waals surface area contributed by atoms with Crippen molar-refractivity contribution < 1.29 is 18.0 Å². The zero-order valence-electron chi connectivity index (χ0n) is 16.4. The number of piperazine rings is 1. The predicted molar refractivity (Wildman–Crippen MR) is 112 cm³/mol. The Hall–Kier alpha value is -2.03. The van der Waals surface area contributed by atoms with Gasteiger partial charge in [-0.25, -0.2) is 8.42 Å². The number of nitrogens with zero attached hydrogens (tertiary/aromatic N) is 2. The molecule has 0 radical (unpaired) electrons. The average Bonchev–Trinajstić information content (AvgIpc) is 3.17. The number of carbonyl (C=O) groups excluding carboxylic acids is 2. The summed E-state index contributed by atoms with van der Waals surface area (Å²) in [6, 6.07) is 6.13. The SMILES string of the molecule is CC(=O)c1cccc(S(=O)(=O)N2CCN(C(=O)c3csc4c3CCCC4)CC2)c1. The molecule has 154 valence electrons. The molecule has 1 amide bonds. The lowest BCUT2D eigenvalue weighted by Gasteiger charge is -2.34. The first-order chi connectivity index (χ1) is 13.9. The van der Waals surface area contributed by atoms with Crippen molar-refractivity contribution in [2.75, 3.05) is 26.2 Å². The quantitative estimate of drug-likeness (QED) is 0.696. The van der Waals surface area contributed by atoms with Gasteiger partial charge in [-0.05, 0) is 50.3 Å². The number of ketones is 1. The molecule has 0 atom stereocenters. The third kappa shape index (κ3) is 3.89. The van der Waals surface area contributed by atoms with Crippen molar-refractivity contribution in [2.45, 2.75) is 37.5 Å². The summed E-state index contributed by atoms with van der Waals surface area (Å²) in [5.74, 6) is -0.156. The Balaban J connectivity index is 1.46. The normalized spacial score (nSPS) is 17.8. The van der Waals surface area contributed by atoms with Crippen molar-refractivity contribution >= 4 is 33.1 Å². The number of Topliss-reactive ketones (excluding diaryl/α,β-unsaturated/α-hetero) is 1. The van der Waals surface area contributed by atoms with E-state index in [0.717, 1.165) is 24.8 Å². The fourth-order valence-corrected chi connectivity index (χ4v) is 6.59. The average molecular weight is 433 g/mol. The maximum absolute atomic E-state index is 13.0. The Bertz CT molecular complexity index is 1050. The van der Waals surface area contributed by atoms with Crippen LogP contribution in [0.2, 0.25) is 0 Å². The van der Waals surface area contributed by atoms with E-state index in [4.69, 9.17) is 0 Å². The van der Waals surface area contributed by atoms with Crippen LogP contribution in [-0.2, 0) is 22.9 Å². The molecule has 4 rings (SSSR count). The molecule has 29 heavy (non-hydrogen) atoms. The van der Waals surface area contributed by atoms with Crippen LogP contribution >= 0.6 is 11.3 Å². The lowest BCUT2D eigenvalue weighted by atomic mass is 9.95. The first-order valence-electron chi connectivity index (χ1n) is 9.87. The Labute approximate surface area is 175 Å². The number of thiophene rings is 1. The molecule has 0 spiro atoms. The third-order valence-electron chi connectivity index (χ3n) is 5.70. The molecule has 1 aromatic heterocycles. The summed E-state index contributed by atoms with van der Waals surface area (Å²) < 4.78 is 27.3. The molecule has 0 unspecified atom stereocenters. The monoisotopic (exact) mass is 432 g/mol. The van der Waals surface area contributed by atoms with Crippen LogP contribution in [0, 0.1) is 0 Å². The van der Waals surface area contributed by atoms with Gasteiger partial charge in [-0.15, -0.1) is 11.3 Å². The Morgan fingerprint density at radius 2 is 1.76 bits per heavy atom. The number of benzene rings is 1. The molecule has 1 fully saturated rings. The molecule has 0 bridgehead atoms. The van der Waals surface area contributed by atoms with Gasteiger partial charge in [0.15, 0.2) is 5.78 Å². The van der Waals surface area contributed by atoms with E-state index in [2.05, 4.69) is 0 Å². The zero-order chi connectivity index (χ0) is 20.6. The van der Waals surface area contributed by atoms with Crippen molar-refractivity contribution in [1.29, 1.82) is 0 Å². The van der Waals surface area contributed by atoms with E-state index in [9.17, 15) is 18.0 Å². The van der Waals surface area contributed by atoms with Crippen LogP contribution in [-0.4, -0.2) is 55.5 Å². The van der Waals surface area contributed by atoms with Gasteiger partial charge in [0.05, 0.1) is 10.5 Å². The van der Waals surface area contributed by atoms with Gasteiger partial charge in [-0.3, -0.25) is 9.59 Å². The van der Waals surface area contributed by atoms with Crippen molar-refractivity contribution in [3.8, 4) is 0 Å². The molecule has 0 N–H and O–H groups in total. The molecular formula is C21H24N2O4S2. The second-order valence-electron chi connectivity index (χ2n) is 7.54. The second kappa shape index (κ2) is 8.01. The summed E-state index contributed by atoms with van der Waals surface area (Å²) in [6.45, 7) is 2.67. The fourth-order valence-electron chi connectivity index (χ4n) is 4.00. The molecular weight excluding hydrogens is 408 g/mol. The Morgan fingerprint density at radius 1 is 1.03 bits per heavy atom. The highest BCUT2D eigenvalue weighted by atomic mass is 32.2. The van der Waals surface area contributed by atoms with Gasteiger partial charge in [0, 0.05) is 42.0 Å². The van der Waals surface area contributed by atoms with Crippen LogP contribution in [0.4, 0.5) is 0 Å². The van der Waals surface area contributed by atoms with Crippen LogP contribution in [0.1, 0.15) is 50.9 Å². The van der Waals surface area contributed by atoms with E-state index >= 15 is 0 Å². The largest absolute Gasteiger partial charge is 0.336 e. The topological polar surface area (TPSA) is 74.8 Å². The number of fused-ring (bicyclic) bond motifs is 1. The minimum absolute atomic E-state index is 0.0139. The number of sulfonamides is 1. The van der Waals surface area contributed by atoms with Gasteiger partial charge in [0.25, 0.3) is 5.91 Å². The first-order valence-corrected chi connectivity index (χ1v) is 12.2. The number of carbonyl (C=O) groups is 2. The van der Waals surface area contributed by atoms with Gasteiger partial charge < -0.3 is 4.90 Å². The van der Waals surface area contributed by atoms with E-state index < -0.39 is 10.0 Å². The molecule has 6 nitrogen and oxygen atoms in total. The zero-order valence-corrected chi connectivity index (χ0v) is 18.0. The highest BCUT2D eigenvalue weighted by molar-refractivity contribution is 7.89. The van der Waals surface area contributed by atoms with Crippen LogP contribution in [0.25, 0.3) is 0 Å². The van der Waals surface area contributed by atoms with Crippen LogP contribution in [0.15, 0.2) is 34.5 Å². The highest BCUT2D eigenvalue weighted by Crippen LogP contribution is 2.31. The summed E-state index contributed by atoms with van der Waals surface area (Å²) in [6.07, 6.45) is 4.32. The van der Waals surface area contributed by atoms with E-state index in [0.29, 0.717) is 18.7 Å². The minimum atomic E-state index is -3.69. The lowest BCUT2D eigenvalue weighted by molar-refractivity contribution is 0.0697. The third-order valence-corrected chi connectivity index (χ3v) is 8.68. The smallest absolute Gasteiger partial charge is 0.255 e. The summed E-state index contributed by atoms with van der Waals surface area (Å²) in [5, 5.41) is 1.97. The summed E-state index contributed by atoms with van der Waals surface area (Å²) >= 11 is 1.67. The van der Waals surface area contributed by atoms with Crippen molar-refractivity contribution in [2.24, 2.45) is 0 Å². The Morgan fingerprint density at radius 3 is 2.48 bits per heavy atom. The van der Waals surface area contributed by atoms with Crippen molar-refractivity contribution in [3.05, 3.63) is 51.2 Å². The second-order valence-corrected chi connectivity index (χ2v) is 10.4. The van der Waals surface area contributed by atoms with Crippen LogP contribution in [0.5, 0.6) is 0 Å². The summed E-state index contributed by atoms with van der Waals surface area (Å²) in [5.41, 5.74) is 2.37. The first kappa shape index (κ1) is 20.3. The highest BCUT2D eigenvalue weighted by Gasteiger charge is 2.32. The van der Waals surface area contributed by atoms with E-state index in [-0.39, 0.29) is 29.7 Å². The number of aryl methyl sites for hydroxylation is 1. The maximum atomic E-state index is 13.0. The van der Waals surface area contributed by atoms with E-state index in [1.54, 1.807) is 28.4 Å². The molecule has 2 heterocycles. The van der Waals surface area contributed by atoms with Gasteiger partial charge in [-0.2, -0.15) is 4.31 Å². The van der Waals surface area contributed by atoms with Gasteiger partial charge in [0.2, 0.25) is 10.0 Å². The molecule has 8 heteroatoms.